The van der Waals surface area contributed by atoms with Gasteiger partial charge in [0.05, 0.1) is 26.6 Å². The summed E-state index contributed by atoms with van der Waals surface area (Å²) < 4.78 is 10.4. The molecule has 0 unspecified atom stereocenters. The van der Waals surface area contributed by atoms with Crippen molar-refractivity contribution >= 4 is 5.84 Å². The minimum Gasteiger partial charge on any atom is -0.493 e. The zero-order valence-corrected chi connectivity index (χ0v) is 10.3. The van der Waals surface area contributed by atoms with Gasteiger partial charge in [-0.1, -0.05) is 6.07 Å². The average Bonchev–Trinajstić information content (AvgIpc) is 3.19. The largest absolute Gasteiger partial charge is 0.493 e. The van der Waals surface area contributed by atoms with Gasteiger partial charge in [-0.3, -0.25) is 4.99 Å². The molecule has 17 heavy (non-hydrogen) atoms. The van der Waals surface area contributed by atoms with Crippen LogP contribution in [0.15, 0.2) is 23.2 Å². The molecule has 4 nitrogen and oxygen atoms in total. The van der Waals surface area contributed by atoms with Crippen molar-refractivity contribution in [3.05, 3.63) is 23.8 Å². The van der Waals surface area contributed by atoms with Crippen LogP contribution in [-0.4, -0.2) is 20.1 Å². The molecular formula is C13H18N2O2. The lowest BCUT2D eigenvalue weighted by Gasteiger charge is -2.08. The van der Waals surface area contributed by atoms with Crippen LogP contribution in [0, 0.1) is 5.92 Å². The fourth-order valence-electron chi connectivity index (χ4n) is 1.67. The Morgan fingerprint density at radius 2 is 2.00 bits per heavy atom. The summed E-state index contributed by atoms with van der Waals surface area (Å²) >= 11 is 0. The van der Waals surface area contributed by atoms with Gasteiger partial charge in [0.2, 0.25) is 0 Å². The summed E-state index contributed by atoms with van der Waals surface area (Å²) in [6.07, 6.45) is 2.36. The summed E-state index contributed by atoms with van der Waals surface area (Å²) in [5.74, 6) is 2.76. The molecule has 0 saturated heterocycles. The minimum atomic E-state index is 0.523. The van der Waals surface area contributed by atoms with Crippen molar-refractivity contribution in [1.82, 2.24) is 0 Å². The maximum Gasteiger partial charge on any atom is 0.161 e. The van der Waals surface area contributed by atoms with Gasteiger partial charge >= 0.3 is 0 Å². The average molecular weight is 234 g/mol. The van der Waals surface area contributed by atoms with E-state index in [2.05, 4.69) is 4.99 Å². The van der Waals surface area contributed by atoms with Crippen LogP contribution in [0.4, 0.5) is 0 Å². The first-order chi connectivity index (χ1) is 8.24. The van der Waals surface area contributed by atoms with Crippen molar-refractivity contribution in [3.8, 4) is 11.5 Å². The fourth-order valence-corrected chi connectivity index (χ4v) is 1.67. The van der Waals surface area contributed by atoms with Gasteiger partial charge in [-0.05, 0) is 30.5 Å². The first-order valence-corrected chi connectivity index (χ1v) is 5.75. The number of hydrogen-bond acceptors (Lipinski definition) is 3. The molecule has 0 aromatic heterocycles. The number of nitrogens with zero attached hydrogens (tertiary/aromatic N) is 1. The molecule has 1 aromatic rings. The Kier molecular flexibility index (Phi) is 3.52. The number of aliphatic imine (C=N–C) groups is 1. The molecule has 1 saturated carbocycles. The maximum absolute atomic E-state index is 5.85. The zero-order chi connectivity index (χ0) is 12.3. The molecule has 0 bridgehead atoms. The second-order valence-electron chi connectivity index (χ2n) is 4.20. The lowest BCUT2D eigenvalue weighted by molar-refractivity contribution is 0.354. The third-order valence-corrected chi connectivity index (χ3v) is 2.89. The van der Waals surface area contributed by atoms with E-state index in [0.29, 0.717) is 12.5 Å². The summed E-state index contributed by atoms with van der Waals surface area (Å²) in [5, 5.41) is 0. The standard InChI is InChI=1S/C13H18N2O2/c1-16-11-6-3-9(7-12(11)17-2)8-15-13(14)10-4-5-10/h3,6-7,10H,4-5,8H2,1-2H3,(H2,14,15). The van der Waals surface area contributed by atoms with E-state index < -0.39 is 0 Å². The smallest absolute Gasteiger partial charge is 0.161 e. The van der Waals surface area contributed by atoms with Gasteiger partial charge in [0.1, 0.15) is 0 Å². The highest BCUT2D eigenvalue weighted by molar-refractivity contribution is 5.84. The van der Waals surface area contributed by atoms with Crippen LogP contribution in [0.1, 0.15) is 18.4 Å². The first kappa shape index (κ1) is 11.8. The normalized spacial score (nSPS) is 15.8. The van der Waals surface area contributed by atoms with Crippen LogP contribution in [-0.2, 0) is 6.54 Å². The molecule has 1 fully saturated rings. The SMILES string of the molecule is COc1ccc(CN=C(N)C2CC2)cc1OC. The Morgan fingerprint density at radius 1 is 1.29 bits per heavy atom. The van der Waals surface area contributed by atoms with Gasteiger partial charge in [0, 0.05) is 5.92 Å². The van der Waals surface area contributed by atoms with E-state index in [1.165, 1.54) is 12.8 Å². The van der Waals surface area contributed by atoms with Crippen LogP contribution in [0.3, 0.4) is 0 Å². The number of nitrogens with two attached hydrogens (primary N) is 1. The Morgan fingerprint density at radius 3 is 2.59 bits per heavy atom. The molecule has 0 amide bonds. The lowest BCUT2D eigenvalue weighted by Crippen LogP contribution is -2.14. The van der Waals surface area contributed by atoms with Gasteiger partial charge in [-0.15, -0.1) is 0 Å². The molecule has 0 aliphatic heterocycles. The van der Waals surface area contributed by atoms with Crippen molar-refractivity contribution in [2.24, 2.45) is 16.6 Å². The number of methoxy groups -OCH3 is 2. The van der Waals surface area contributed by atoms with Gasteiger partial charge in [0.15, 0.2) is 11.5 Å². The molecule has 2 rings (SSSR count). The molecule has 2 N–H and O–H groups in total. The van der Waals surface area contributed by atoms with E-state index in [9.17, 15) is 0 Å². The third-order valence-electron chi connectivity index (χ3n) is 2.89. The summed E-state index contributed by atoms with van der Waals surface area (Å²) in [5.41, 5.74) is 6.92. The minimum absolute atomic E-state index is 0.523. The fraction of sp³-hybridized carbons (Fsp3) is 0.462. The van der Waals surface area contributed by atoms with E-state index in [1.807, 2.05) is 18.2 Å². The molecule has 0 spiro atoms. The zero-order valence-electron chi connectivity index (χ0n) is 10.3. The lowest BCUT2D eigenvalue weighted by atomic mass is 10.2. The number of amidine groups is 1. The van der Waals surface area contributed by atoms with Gasteiger partial charge < -0.3 is 15.2 Å². The number of ether oxygens (including phenoxy) is 2. The third kappa shape index (κ3) is 2.90. The molecule has 1 aliphatic carbocycles. The Hall–Kier alpha value is -1.71. The van der Waals surface area contributed by atoms with E-state index >= 15 is 0 Å². The van der Waals surface area contributed by atoms with Crippen LogP contribution < -0.4 is 15.2 Å². The number of hydrogen-bond donors (Lipinski definition) is 1. The quantitative estimate of drug-likeness (QED) is 0.626. The summed E-state index contributed by atoms with van der Waals surface area (Å²) in [7, 11) is 3.25. The van der Waals surface area contributed by atoms with Crippen molar-refractivity contribution in [1.29, 1.82) is 0 Å². The highest BCUT2D eigenvalue weighted by Gasteiger charge is 2.25. The highest BCUT2D eigenvalue weighted by Crippen LogP contribution is 2.30. The highest BCUT2D eigenvalue weighted by atomic mass is 16.5. The molecule has 0 heterocycles. The van der Waals surface area contributed by atoms with Crippen LogP contribution >= 0.6 is 0 Å². The Bertz CT molecular complexity index is 425. The number of rotatable bonds is 5. The second kappa shape index (κ2) is 5.08. The van der Waals surface area contributed by atoms with Crippen LogP contribution in [0.5, 0.6) is 11.5 Å². The number of benzene rings is 1. The molecule has 4 heteroatoms. The van der Waals surface area contributed by atoms with E-state index in [0.717, 1.165) is 22.9 Å². The van der Waals surface area contributed by atoms with Crippen LogP contribution in [0.2, 0.25) is 0 Å². The van der Waals surface area contributed by atoms with E-state index in [1.54, 1.807) is 14.2 Å². The monoisotopic (exact) mass is 234 g/mol. The van der Waals surface area contributed by atoms with Gasteiger partial charge in [-0.2, -0.15) is 0 Å². The molecule has 0 atom stereocenters. The van der Waals surface area contributed by atoms with Crippen molar-refractivity contribution in [2.75, 3.05) is 14.2 Å². The summed E-state index contributed by atoms with van der Waals surface area (Å²) in [6.45, 7) is 0.600. The van der Waals surface area contributed by atoms with Crippen molar-refractivity contribution < 1.29 is 9.47 Å². The molecule has 1 aliphatic rings. The second-order valence-corrected chi connectivity index (χ2v) is 4.20. The first-order valence-electron chi connectivity index (χ1n) is 5.75. The Balaban J connectivity index is 2.08. The summed E-state index contributed by atoms with van der Waals surface area (Å²) in [4.78, 5) is 4.39. The van der Waals surface area contributed by atoms with Crippen molar-refractivity contribution in [2.45, 2.75) is 19.4 Å². The maximum atomic E-state index is 5.85. The van der Waals surface area contributed by atoms with E-state index in [-0.39, 0.29) is 0 Å². The molecule has 92 valence electrons. The topological polar surface area (TPSA) is 56.8 Å². The van der Waals surface area contributed by atoms with Crippen LogP contribution in [0.25, 0.3) is 0 Å². The van der Waals surface area contributed by atoms with Gasteiger partial charge in [0.25, 0.3) is 0 Å². The molecule has 0 radical (unpaired) electrons. The van der Waals surface area contributed by atoms with Crippen molar-refractivity contribution in [3.63, 3.8) is 0 Å². The van der Waals surface area contributed by atoms with Gasteiger partial charge in [-0.25, -0.2) is 0 Å². The predicted molar refractivity (Wildman–Crippen MR) is 67.6 cm³/mol. The molecular weight excluding hydrogens is 216 g/mol. The summed E-state index contributed by atoms with van der Waals surface area (Å²) in [6, 6.07) is 5.80. The predicted octanol–water partition coefficient (Wildman–Crippen LogP) is 1.97. The van der Waals surface area contributed by atoms with E-state index in [4.69, 9.17) is 15.2 Å². The molecule has 1 aromatic carbocycles. The Labute approximate surface area is 101 Å².